The van der Waals surface area contributed by atoms with Crippen molar-refractivity contribution < 1.29 is 9.59 Å². The Balaban J connectivity index is 1.85. The molecule has 0 saturated carbocycles. The van der Waals surface area contributed by atoms with Gasteiger partial charge in [-0.15, -0.1) is 0 Å². The third-order valence-corrected chi connectivity index (χ3v) is 3.24. The van der Waals surface area contributed by atoms with Crippen LogP contribution in [0.5, 0.6) is 0 Å². The summed E-state index contributed by atoms with van der Waals surface area (Å²) in [6, 6.07) is 2.85. The summed E-state index contributed by atoms with van der Waals surface area (Å²) >= 11 is 0. The number of nitrogens with two attached hydrogens (primary N) is 1. The number of pyridine rings is 1. The molecule has 8 heteroatoms. The normalized spacial score (nSPS) is 12.0. The van der Waals surface area contributed by atoms with Crippen LogP contribution in [0.3, 0.4) is 0 Å². The largest absolute Gasteiger partial charge is 0.346 e. The highest BCUT2D eigenvalue weighted by molar-refractivity contribution is 5.95. The minimum absolute atomic E-state index is 0.0120. The second kappa shape index (κ2) is 7.50. The number of hydrogen-bond acceptors (Lipinski definition) is 5. The molecule has 8 nitrogen and oxygen atoms in total. The van der Waals surface area contributed by atoms with E-state index in [1.165, 1.54) is 6.20 Å². The molecule has 0 fully saturated rings. The Morgan fingerprint density at radius 1 is 1.35 bits per heavy atom. The van der Waals surface area contributed by atoms with Crippen molar-refractivity contribution >= 4 is 17.5 Å². The molecular weight excluding hydrogens is 296 g/mol. The molecule has 0 aromatic carbocycles. The Hall–Kier alpha value is -2.74. The molecule has 2 aromatic heterocycles. The lowest BCUT2D eigenvalue weighted by Gasteiger charge is -2.15. The van der Waals surface area contributed by atoms with E-state index in [-0.39, 0.29) is 24.3 Å². The summed E-state index contributed by atoms with van der Waals surface area (Å²) in [7, 11) is 0. The van der Waals surface area contributed by atoms with Crippen LogP contribution in [0.15, 0.2) is 37.1 Å². The third-order valence-electron chi connectivity index (χ3n) is 3.24. The van der Waals surface area contributed by atoms with Crippen LogP contribution in [0.4, 0.5) is 5.69 Å². The predicted molar refractivity (Wildman–Crippen MR) is 85.8 cm³/mol. The third kappa shape index (κ3) is 4.62. The van der Waals surface area contributed by atoms with Crippen LogP contribution in [0.1, 0.15) is 13.8 Å². The summed E-state index contributed by atoms with van der Waals surface area (Å²) in [5.41, 5.74) is 6.24. The molecule has 0 aliphatic heterocycles. The molecule has 1 atom stereocenters. The lowest BCUT2D eigenvalue weighted by molar-refractivity contribution is -0.125. The fourth-order valence-electron chi connectivity index (χ4n) is 1.80. The number of anilines is 1. The van der Waals surface area contributed by atoms with Crippen molar-refractivity contribution in [2.24, 2.45) is 11.7 Å². The van der Waals surface area contributed by atoms with Gasteiger partial charge in [-0.1, -0.05) is 13.8 Å². The van der Waals surface area contributed by atoms with E-state index < -0.39 is 6.04 Å². The summed E-state index contributed by atoms with van der Waals surface area (Å²) in [6.07, 6.45) is 6.60. The van der Waals surface area contributed by atoms with Crippen molar-refractivity contribution in [3.8, 4) is 5.82 Å². The Morgan fingerprint density at radius 3 is 2.70 bits per heavy atom. The van der Waals surface area contributed by atoms with Crippen molar-refractivity contribution in [2.45, 2.75) is 19.9 Å². The first-order chi connectivity index (χ1) is 11.0. The number of hydrogen-bond donors (Lipinski definition) is 3. The van der Waals surface area contributed by atoms with Gasteiger partial charge in [-0.3, -0.25) is 14.2 Å². The molecule has 2 rings (SSSR count). The number of amides is 2. The van der Waals surface area contributed by atoms with Crippen LogP contribution in [-0.2, 0) is 9.59 Å². The van der Waals surface area contributed by atoms with Crippen molar-refractivity contribution in [3.05, 3.63) is 37.1 Å². The average Bonchev–Trinajstić information content (AvgIpc) is 3.07. The van der Waals surface area contributed by atoms with Gasteiger partial charge in [-0.2, -0.15) is 0 Å². The molecule has 0 aliphatic carbocycles. The first kappa shape index (κ1) is 16.6. The standard InChI is InChI=1S/C15H20N6O2/c1-10(2)14(16)15(23)19-8-13(22)20-11-3-4-12(18-7-11)21-6-5-17-9-21/h3-7,9-10,14H,8,16H2,1-2H3,(H,19,23)(H,20,22)/t14-/m0/s1. The topological polar surface area (TPSA) is 115 Å². The monoisotopic (exact) mass is 316 g/mol. The number of imidazole rings is 1. The average molecular weight is 316 g/mol. The first-order valence-corrected chi connectivity index (χ1v) is 7.25. The quantitative estimate of drug-likeness (QED) is 0.709. The Morgan fingerprint density at radius 2 is 2.13 bits per heavy atom. The van der Waals surface area contributed by atoms with Gasteiger partial charge >= 0.3 is 0 Å². The van der Waals surface area contributed by atoms with E-state index in [9.17, 15) is 9.59 Å². The van der Waals surface area contributed by atoms with Gasteiger partial charge in [0.25, 0.3) is 0 Å². The zero-order valence-corrected chi connectivity index (χ0v) is 13.1. The Labute approximate surface area is 134 Å². The number of nitrogens with one attached hydrogen (secondary N) is 2. The van der Waals surface area contributed by atoms with Crippen LogP contribution in [0, 0.1) is 5.92 Å². The number of aromatic nitrogens is 3. The van der Waals surface area contributed by atoms with Gasteiger partial charge in [0.15, 0.2) is 0 Å². The van der Waals surface area contributed by atoms with E-state index in [0.717, 1.165) is 0 Å². The Kier molecular flexibility index (Phi) is 5.42. The van der Waals surface area contributed by atoms with Gasteiger partial charge in [0.1, 0.15) is 12.1 Å². The molecule has 2 aromatic rings. The summed E-state index contributed by atoms with van der Waals surface area (Å²) < 4.78 is 1.75. The second-order valence-electron chi connectivity index (χ2n) is 5.41. The van der Waals surface area contributed by atoms with Crippen LogP contribution < -0.4 is 16.4 Å². The first-order valence-electron chi connectivity index (χ1n) is 7.25. The molecule has 0 saturated heterocycles. The van der Waals surface area contributed by atoms with E-state index in [2.05, 4.69) is 20.6 Å². The van der Waals surface area contributed by atoms with Crippen LogP contribution in [0.2, 0.25) is 0 Å². The second-order valence-corrected chi connectivity index (χ2v) is 5.41. The van der Waals surface area contributed by atoms with Crippen LogP contribution in [0.25, 0.3) is 5.82 Å². The maximum atomic E-state index is 11.8. The SMILES string of the molecule is CC(C)[C@H](N)C(=O)NCC(=O)Nc1ccc(-n2ccnc2)nc1. The van der Waals surface area contributed by atoms with E-state index in [1.54, 1.807) is 35.4 Å². The van der Waals surface area contributed by atoms with Gasteiger partial charge in [0.05, 0.1) is 24.5 Å². The van der Waals surface area contributed by atoms with Gasteiger partial charge in [-0.05, 0) is 18.1 Å². The summed E-state index contributed by atoms with van der Waals surface area (Å²) in [5, 5.41) is 5.16. The summed E-state index contributed by atoms with van der Waals surface area (Å²) in [6.45, 7) is 3.55. The maximum Gasteiger partial charge on any atom is 0.243 e. The highest BCUT2D eigenvalue weighted by atomic mass is 16.2. The minimum atomic E-state index is -0.626. The van der Waals surface area contributed by atoms with Crippen LogP contribution >= 0.6 is 0 Å². The van der Waals surface area contributed by atoms with Gasteiger partial charge in [-0.25, -0.2) is 9.97 Å². The Bertz CT molecular complexity index is 651. The highest BCUT2D eigenvalue weighted by Gasteiger charge is 2.17. The number of rotatable bonds is 6. The van der Waals surface area contributed by atoms with Gasteiger partial charge in [0.2, 0.25) is 11.8 Å². The zero-order chi connectivity index (χ0) is 16.8. The summed E-state index contributed by atoms with van der Waals surface area (Å²) in [4.78, 5) is 31.7. The highest BCUT2D eigenvalue weighted by Crippen LogP contribution is 2.09. The summed E-state index contributed by atoms with van der Waals surface area (Å²) in [5.74, 6) is 0.0184. The van der Waals surface area contributed by atoms with E-state index in [0.29, 0.717) is 11.5 Å². The molecule has 0 aliphatic rings. The predicted octanol–water partition coefficient (Wildman–Crippen LogP) is 0.305. The van der Waals surface area contributed by atoms with Crippen molar-refractivity contribution in [3.63, 3.8) is 0 Å². The van der Waals surface area contributed by atoms with Crippen LogP contribution in [-0.4, -0.2) is 38.9 Å². The molecule has 0 radical (unpaired) electrons. The lowest BCUT2D eigenvalue weighted by atomic mass is 10.1. The molecule has 0 bridgehead atoms. The van der Waals surface area contributed by atoms with E-state index >= 15 is 0 Å². The lowest BCUT2D eigenvalue weighted by Crippen LogP contribution is -2.46. The fraction of sp³-hybridized carbons (Fsp3) is 0.333. The molecule has 23 heavy (non-hydrogen) atoms. The molecule has 0 unspecified atom stereocenters. The molecule has 122 valence electrons. The van der Waals surface area contributed by atoms with E-state index in [1.807, 2.05) is 13.8 Å². The minimum Gasteiger partial charge on any atom is -0.346 e. The van der Waals surface area contributed by atoms with Crippen molar-refractivity contribution in [1.82, 2.24) is 19.9 Å². The van der Waals surface area contributed by atoms with Gasteiger partial charge < -0.3 is 16.4 Å². The smallest absolute Gasteiger partial charge is 0.243 e. The molecule has 2 heterocycles. The number of carbonyl (C=O) groups excluding carboxylic acids is 2. The number of nitrogens with zero attached hydrogens (tertiary/aromatic N) is 3. The molecular formula is C15H20N6O2. The van der Waals surface area contributed by atoms with Gasteiger partial charge in [0, 0.05) is 12.4 Å². The van der Waals surface area contributed by atoms with E-state index in [4.69, 9.17) is 5.73 Å². The number of carbonyl (C=O) groups is 2. The molecule has 0 spiro atoms. The molecule has 2 amide bonds. The zero-order valence-electron chi connectivity index (χ0n) is 13.1. The maximum absolute atomic E-state index is 11.8. The van der Waals surface area contributed by atoms with Crippen molar-refractivity contribution in [1.29, 1.82) is 0 Å². The van der Waals surface area contributed by atoms with Crippen molar-refractivity contribution in [2.75, 3.05) is 11.9 Å². The fourth-order valence-corrected chi connectivity index (χ4v) is 1.80. The molecule has 4 N–H and O–H groups in total.